The average Bonchev–Trinajstić information content (AvgIpc) is 3.24. The van der Waals surface area contributed by atoms with Gasteiger partial charge in [0.05, 0.1) is 17.2 Å². The molecule has 2 aliphatic heterocycles. The van der Waals surface area contributed by atoms with Gasteiger partial charge in [0.15, 0.2) is 0 Å². The Bertz CT molecular complexity index is 708. The van der Waals surface area contributed by atoms with Gasteiger partial charge in [-0.2, -0.15) is 5.10 Å². The second-order valence-corrected chi connectivity index (χ2v) is 7.58. The monoisotopic (exact) mass is 353 g/mol. The molecular formula is C21H27N3O2. The molecule has 2 saturated heterocycles. The van der Waals surface area contributed by atoms with Gasteiger partial charge >= 0.3 is 0 Å². The number of piperidine rings is 1. The second kappa shape index (κ2) is 7.62. The van der Waals surface area contributed by atoms with Crippen LogP contribution < -0.4 is 0 Å². The first-order valence-electron chi connectivity index (χ1n) is 9.71. The highest BCUT2D eigenvalue weighted by Crippen LogP contribution is 2.40. The van der Waals surface area contributed by atoms with E-state index < -0.39 is 0 Å². The van der Waals surface area contributed by atoms with Gasteiger partial charge in [0, 0.05) is 26.0 Å². The number of carbonyl (C=O) groups is 1. The van der Waals surface area contributed by atoms with E-state index in [0.717, 1.165) is 50.8 Å². The number of carbonyl (C=O) groups excluding carboxylic acids is 1. The van der Waals surface area contributed by atoms with E-state index in [2.05, 4.69) is 39.4 Å². The van der Waals surface area contributed by atoms with E-state index >= 15 is 0 Å². The number of aromatic amines is 1. The van der Waals surface area contributed by atoms with Crippen LogP contribution in [0, 0.1) is 5.41 Å². The first-order valence-corrected chi connectivity index (χ1v) is 9.71. The van der Waals surface area contributed by atoms with Crippen molar-refractivity contribution in [2.45, 2.75) is 44.6 Å². The van der Waals surface area contributed by atoms with E-state index in [4.69, 9.17) is 4.74 Å². The molecule has 0 bridgehead atoms. The molecule has 1 aromatic heterocycles. The standard InChI is InChI=1S/C21H27N3O2/c25-20(24-13-5-4-8-19(24)18-9-12-22-23-18)21(10-14-26-15-11-21)16-17-6-2-1-3-7-17/h1-3,6-7,9,12,19H,4-5,8,10-11,13-16H2,(H,22,23)/t19-/m1/s1. The summed E-state index contributed by atoms with van der Waals surface area (Å²) in [6, 6.07) is 12.5. The molecule has 5 heteroatoms. The third-order valence-corrected chi connectivity index (χ3v) is 5.93. The Morgan fingerprint density at radius 1 is 1.19 bits per heavy atom. The predicted octanol–water partition coefficient (Wildman–Crippen LogP) is 3.50. The molecule has 0 radical (unpaired) electrons. The summed E-state index contributed by atoms with van der Waals surface area (Å²) in [4.78, 5) is 15.9. The molecule has 0 saturated carbocycles. The van der Waals surface area contributed by atoms with Crippen LogP contribution in [0.3, 0.4) is 0 Å². The van der Waals surface area contributed by atoms with Crippen LogP contribution in [0.4, 0.5) is 0 Å². The lowest BCUT2D eigenvalue weighted by Gasteiger charge is -2.44. The number of amides is 1. The number of hydrogen-bond donors (Lipinski definition) is 1. The number of H-pyrrole nitrogens is 1. The SMILES string of the molecule is O=C(N1CCCC[C@@H]1c1ccn[nH]1)C1(Cc2ccccc2)CCOCC1. The largest absolute Gasteiger partial charge is 0.381 e. The number of ether oxygens (including phenoxy) is 1. The van der Waals surface area contributed by atoms with Crippen LogP contribution >= 0.6 is 0 Å². The van der Waals surface area contributed by atoms with Gasteiger partial charge in [0.1, 0.15) is 0 Å². The molecule has 2 fully saturated rings. The highest BCUT2D eigenvalue weighted by Gasteiger charge is 2.45. The molecule has 26 heavy (non-hydrogen) atoms. The van der Waals surface area contributed by atoms with Crippen molar-refractivity contribution in [3.05, 3.63) is 53.9 Å². The zero-order valence-corrected chi connectivity index (χ0v) is 15.2. The molecule has 2 aliphatic rings. The summed E-state index contributed by atoms with van der Waals surface area (Å²) in [6.07, 6.45) is 7.41. The molecule has 138 valence electrons. The van der Waals surface area contributed by atoms with Crippen LogP contribution in [0.25, 0.3) is 0 Å². The van der Waals surface area contributed by atoms with E-state index in [1.165, 1.54) is 5.56 Å². The Hall–Kier alpha value is -2.14. The van der Waals surface area contributed by atoms with Crippen molar-refractivity contribution in [2.75, 3.05) is 19.8 Å². The van der Waals surface area contributed by atoms with Crippen LogP contribution in [-0.4, -0.2) is 40.8 Å². The smallest absolute Gasteiger partial charge is 0.229 e. The normalized spacial score (nSPS) is 22.9. The molecule has 1 amide bonds. The molecule has 1 atom stereocenters. The maximum absolute atomic E-state index is 13.8. The van der Waals surface area contributed by atoms with Crippen molar-refractivity contribution in [3.8, 4) is 0 Å². The number of nitrogens with one attached hydrogen (secondary N) is 1. The lowest BCUT2D eigenvalue weighted by Crippen LogP contribution is -2.50. The zero-order chi connectivity index (χ0) is 17.8. The van der Waals surface area contributed by atoms with E-state index in [9.17, 15) is 4.79 Å². The average molecular weight is 353 g/mol. The van der Waals surface area contributed by atoms with Gasteiger partial charge in [0.25, 0.3) is 0 Å². The van der Waals surface area contributed by atoms with E-state index in [1.807, 2.05) is 12.1 Å². The van der Waals surface area contributed by atoms with Gasteiger partial charge in [-0.25, -0.2) is 0 Å². The summed E-state index contributed by atoms with van der Waals surface area (Å²) in [5.74, 6) is 0.295. The lowest BCUT2D eigenvalue weighted by atomic mass is 9.73. The molecule has 0 aliphatic carbocycles. The van der Waals surface area contributed by atoms with Gasteiger partial charge in [0.2, 0.25) is 5.91 Å². The first-order chi connectivity index (χ1) is 12.8. The van der Waals surface area contributed by atoms with Crippen molar-refractivity contribution >= 4 is 5.91 Å². The van der Waals surface area contributed by atoms with Gasteiger partial charge < -0.3 is 9.64 Å². The fourth-order valence-corrected chi connectivity index (χ4v) is 4.47. The van der Waals surface area contributed by atoms with Crippen molar-refractivity contribution < 1.29 is 9.53 Å². The maximum atomic E-state index is 13.8. The Kier molecular flexibility index (Phi) is 5.07. The zero-order valence-electron chi connectivity index (χ0n) is 15.2. The molecule has 1 N–H and O–H groups in total. The minimum absolute atomic E-state index is 0.120. The highest BCUT2D eigenvalue weighted by atomic mass is 16.5. The van der Waals surface area contributed by atoms with Gasteiger partial charge in [-0.15, -0.1) is 0 Å². The third-order valence-electron chi connectivity index (χ3n) is 5.93. The lowest BCUT2D eigenvalue weighted by molar-refractivity contribution is -0.152. The van der Waals surface area contributed by atoms with E-state index in [0.29, 0.717) is 19.1 Å². The Morgan fingerprint density at radius 3 is 2.73 bits per heavy atom. The van der Waals surface area contributed by atoms with E-state index in [1.54, 1.807) is 6.20 Å². The molecule has 0 unspecified atom stereocenters. The minimum Gasteiger partial charge on any atom is -0.381 e. The van der Waals surface area contributed by atoms with Crippen molar-refractivity contribution in [1.29, 1.82) is 0 Å². The number of aromatic nitrogens is 2. The van der Waals surface area contributed by atoms with E-state index in [-0.39, 0.29) is 11.5 Å². The number of rotatable bonds is 4. The number of benzene rings is 1. The molecule has 1 aromatic carbocycles. The van der Waals surface area contributed by atoms with Crippen molar-refractivity contribution in [3.63, 3.8) is 0 Å². The minimum atomic E-state index is -0.352. The topological polar surface area (TPSA) is 58.2 Å². The van der Waals surface area contributed by atoms with Gasteiger partial charge in [-0.05, 0) is 50.2 Å². The van der Waals surface area contributed by atoms with Crippen LogP contribution in [0.1, 0.15) is 49.4 Å². The Balaban J connectivity index is 1.62. The molecule has 4 rings (SSSR count). The number of likely N-dealkylation sites (tertiary alicyclic amines) is 1. The fourth-order valence-electron chi connectivity index (χ4n) is 4.47. The number of nitrogens with zero attached hydrogens (tertiary/aromatic N) is 2. The van der Waals surface area contributed by atoms with Crippen LogP contribution in [-0.2, 0) is 16.0 Å². The van der Waals surface area contributed by atoms with Crippen LogP contribution in [0.2, 0.25) is 0 Å². The van der Waals surface area contributed by atoms with Crippen LogP contribution in [0.15, 0.2) is 42.6 Å². The molecule has 3 heterocycles. The van der Waals surface area contributed by atoms with Crippen molar-refractivity contribution in [1.82, 2.24) is 15.1 Å². The summed E-state index contributed by atoms with van der Waals surface area (Å²) < 4.78 is 5.61. The van der Waals surface area contributed by atoms with Gasteiger partial charge in [-0.1, -0.05) is 30.3 Å². The molecule has 2 aromatic rings. The molecule has 5 nitrogen and oxygen atoms in total. The Morgan fingerprint density at radius 2 is 2.00 bits per heavy atom. The van der Waals surface area contributed by atoms with Crippen molar-refractivity contribution in [2.24, 2.45) is 5.41 Å². The summed E-state index contributed by atoms with van der Waals surface area (Å²) >= 11 is 0. The summed E-state index contributed by atoms with van der Waals surface area (Å²) in [5, 5.41) is 7.19. The third kappa shape index (κ3) is 3.40. The maximum Gasteiger partial charge on any atom is 0.229 e. The Labute approximate surface area is 154 Å². The predicted molar refractivity (Wildman–Crippen MR) is 99.5 cm³/mol. The summed E-state index contributed by atoms with van der Waals surface area (Å²) in [5.41, 5.74) is 1.94. The second-order valence-electron chi connectivity index (χ2n) is 7.58. The quantitative estimate of drug-likeness (QED) is 0.915. The fraction of sp³-hybridized carbons (Fsp3) is 0.524. The summed E-state index contributed by atoms with van der Waals surface area (Å²) in [7, 11) is 0. The molecule has 0 spiro atoms. The highest BCUT2D eigenvalue weighted by molar-refractivity contribution is 5.83. The number of hydrogen-bond acceptors (Lipinski definition) is 3. The van der Waals surface area contributed by atoms with Gasteiger partial charge in [-0.3, -0.25) is 9.89 Å². The van der Waals surface area contributed by atoms with Crippen LogP contribution in [0.5, 0.6) is 0 Å². The molecular weight excluding hydrogens is 326 g/mol. The first kappa shape index (κ1) is 17.3. The summed E-state index contributed by atoms with van der Waals surface area (Å²) in [6.45, 7) is 2.17.